The normalized spacial score (nSPS) is 25.4. The summed E-state index contributed by atoms with van der Waals surface area (Å²) in [7, 11) is 0. The smallest absolute Gasteiger partial charge is 0.331 e. The van der Waals surface area contributed by atoms with Gasteiger partial charge in [-0.25, -0.2) is 4.79 Å². The molecule has 4 atom stereocenters. The van der Waals surface area contributed by atoms with Crippen LogP contribution in [0.4, 0.5) is 0 Å². The molecule has 0 radical (unpaired) electrons. The fourth-order valence-corrected chi connectivity index (χ4v) is 6.36. The van der Waals surface area contributed by atoms with Gasteiger partial charge in [0.1, 0.15) is 6.10 Å². The van der Waals surface area contributed by atoms with Gasteiger partial charge in [0, 0.05) is 53.2 Å². The van der Waals surface area contributed by atoms with Crippen LogP contribution < -0.4 is 0 Å². The average Bonchev–Trinajstić information content (AvgIpc) is 3.47. The number of aromatic nitrogens is 1. The van der Waals surface area contributed by atoms with Gasteiger partial charge in [0.05, 0.1) is 17.5 Å². The van der Waals surface area contributed by atoms with Gasteiger partial charge in [0.15, 0.2) is 6.04 Å². The van der Waals surface area contributed by atoms with E-state index in [0.29, 0.717) is 28.7 Å². The summed E-state index contributed by atoms with van der Waals surface area (Å²) in [5, 5.41) is 33.1. The summed E-state index contributed by atoms with van der Waals surface area (Å²) in [6, 6.07) is 6.20. The quantitative estimate of drug-likeness (QED) is 0.278. The van der Waals surface area contributed by atoms with Crippen LogP contribution in [0.2, 0.25) is 0 Å². The number of H-pyrrole nitrogens is 1. The summed E-state index contributed by atoms with van der Waals surface area (Å²) >= 11 is 0. The number of allylic oxidation sites excluding steroid dienone is 5. The van der Waals surface area contributed by atoms with Crippen molar-refractivity contribution in [2.45, 2.75) is 90.1 Å². The zero-order chi connectivity index (χ0) is 29.5. The van der Waals surface area contributed by atoms with Crippen molar-refractivity contribution in [2.24, 2.45) is 0 Å². The zero-order valence-electron chi connectivity index (χ0n) is 24.2. The predicted octanol–water partition coefficient (Wildman–Crippen LogP) is 6.03. The minimum atomic E-state index is -1.20. The number of aliphatic hydroxyl groups excluding tert-OH is 2. The third-order valence-corrected chi connectivity index (χ3v) is 8.79. The molecule has 5 rings (SSSR count). The van der Waals surface area contributed by atoms with Crippen molar-refractivity contribution in [2.75, 3.05) is 6.54 Å². The van der Waals surface area contributed by atoms with Crippen LogP contribution in [0.3, 0.4) is 0 Å². The number of nitrogens with zero attached hydrogens (tertiary/aromatic N) is 1. The van der Waals surface area contributed by atoms with Crippen molar-refractivity contribution in [3.63, 3.8) is 0 Å². The van der Waals surface area contributed by atoms with Gasteiger partial charge in [-0.3, -0.25) is 4.79 Å². The molecule has 218 valence electrons. The highest BCUT2D eigenvalue weighted by atomic mass is 16.5. The Morgan fingerprint density at radius 2 is 1.95 bits per heavy atom. The van der Waals surface area contributed by atoms with E-state index in [1.807, 2.05) is 31.2 Å². The summed E-state index contributed by atoms with van der Waals surface area (Å²) in [6.45, 7) is 8.27. The van der Waals surface area contributed by atoms with Crippen LogP contribution in [0.15, 0.2) is 76.2 Å². The van der Waals surface area contributed by atoms with Gasteiger partial charge in [-0.1, -0.05) is 41.5 Å². The van der Waals surface area contributed by atoms with E-state index in [9.17, 15) is 24.9 Å². The Morgan fingerprint density at radius 3 is 2.68 bits per heavy atom. The number of ether oxygens (including phenoxy) is 1. The summed E-state index contributed by atoms with van der Waals surface area (Å²) in [5.74, 6) is -1.51. The van der Waals surface area contributed by atoms with Crippen molar-refractivity contribution in [1.82, 2.24) is 9.88 Å². The van der Waals surface area contributed by atoms with Gasteiger partial charge in [0.25, 0.3) is 5.91 Å². The van der Waals surface area contributed by atoms with Crippen molar-refractivity contribution in [3.05, 3.63) is 81.8 Å². The lowest BCUT2D eigenvalue weighted by molar-refractivity contribution is -0.155. The molecule has 8 nitrogen and oxygen atoms in total. The lowest BCUT2D eigenvalue weighted by atomic mass is 9.78. The number of aromatic amines is 1. The zero-order valence-corrected chi connectivity index (χ0v) is 24.2. The van der Waals surface area contributed by atoms with Crippen LogP contribution in [-0.4, -0.2) is 61.4 Å². The van der Waals surface area contributed by atoms with Crippen molar-refractivity contribution < 1.29 is 29.6 Å². The molecule has 3 heterocycles. The maximum atomic E-state index is 13.7. The molecule has 1 saturated heterocycles. The Labute approximate surface area is 240 Å². The molecule has 8 heteroatoms. The predicted molar refractivity (Wildman–Crippen MR) is 157 cm³/mol. The van der Waals surface area contributed by atoms with Crippen LogP contribution in [0.25, 0.3) is 10.9 Å². The number of hydrogen-bond donors (Lipinski definition) is 4. The van der Waals surface area contributed by atoms with Crippen LogP contribution in [0, 0.1) is 0 Å². The Kier molecular flexibility index (Phi) is 7.99. The Morgan fingerprint density at radius 1 is 1.20 bits per heavy atom. The molecule has 2 aliphatic heterocycles. The molecule has 1 aliphatic carbocycles. The SMILES string of the molecule is CC(C)=CCC/C(C)=C/CCC1(C)OC2C(=C(O)CC3=C2CN(C(C(=O)O)c2c[nH]c4ccccc24)C3=O)CC1O. The highest BCUT2D eigenvalue weighted by molar-refractivity contribution is 6.01. The number of rotatable bonds is 9. The maximum Gasteiger partial charge on any atom is 0.331 e. The molecule has 0 saturated carbocycles. The van der Waals surface area contributed by atoms with E-state index in [1.165, 1.54) is 16.0 Å². The van der Waals surface area contributed by atoms with Crippen LogP contribution in [-0.2, 0) is 14.3 Å². The summed E-state index contributed by atoms with van der Waals surface area (Å²) in [4.78, 5) is 30.7. The standard InChI is InChI=1S/C33H40N2O6/c1-19(2)9-7-10-20(3)11-8-14-33(4)28(37)16-23-27(36)15-22-25(30(23)41-33)18-35(31(22)38)29(32(39)40)24-17-34-26-13-6-5-12-21(24)26/h5-6,9,11-13,17,28-30,34,36-37H,7-8,10,14-16,18H2,1-4H3,(H,39,40)/b20-11+. The minimum absolute atomic E-state index is 0.0110. The van der Waals surface area contributed by atoms with Gasteiger partial charge < -0.3 is 29.9 Å². The molecule has 41 heavy (non-hydrogen) atoms. The third-order valence-electron chi connectivity index (χ3n) is 8.79. The van der Waals surface area contributed by atoms with Gasteiger partial charge in [0.2, 0.25) is 0 Å². The molecule has 0 bridgehead atoms. The summed E-state index contributed by atoms with van der Waals surface area (Å²) in [6.07, 6.45) is 8.09. The summed E-state index contributed by atoms with van der Waals surface area (Å²) < 4.78 is 6.57. The molecule has 1 aromatic heterocycles. The first kappa shape index (κ1) is 28.9. The number of hydrogen-bond acceptors (Lipinski definition) is 5. The Hall–Kier alpha value is -3.62. The monoisotopic (exact) mass is 560 g/mol. The van der Waals surface area contributed by atoms with E-state index in [0.717, 1.165) is 30.2 Å². The number of benzene rings is 1. The first-order chi connectivity index (χ1) is 19.5. The van der Waals surface area contributed by atoms with Gasteiger partial charge in [-0.15, -0.1) is 0 Å². The Bertz CT molecular complexity index is 1490. The third kappa shape index (κ3) is 5.51. The number of carbonyl (C=O) groups excluding carboxylic acids is 1. The second-order valence-corrected chi connectivity index (χ2v) is 12.1. The van der Waals surface area contributed by atoms with Gasteiger partial charge in [-0.2, -0.15) is 0 Å². The fourth-order valence-electron chi connectivity index (χ4n) is 6.36. The Balaban J connectivity index is 1.37. The van der Waals surface area contributed by atoms with E-state index >= 15 is 0 Å². The number of nitrogens with one attached hydrogen (secondary N) is 1. The average molecular weight is 561 g/mol. The molecule has 4 N–H and O–H groups in total. The molecule has 1 amide bonds. The number of aliphatic carboxylic acids is 1. The first-order valence-corrected chi connectivity index (χ1v) is 14.4. The van der Waals surface area contributed by atoms with Gasteiger partial charge >= 0.3 is 5.97 Å². The fraction of sp³-hybridized carbons (Fsp3) is 0.455. The summed E-state index contributed by atoms with van der Waals surface area (Å²) in [5.41, 5.74) is 4.65. The molecule has 3 aliphatic rings. The van der Waals surface area contributed by atoms with Crippen molar-refractivity contribution in [1.29, 1.82) is 0 Å². The van der Waals surface area contributed by atoms with E-state index in [4.69, 9.17) is 4.74 Å². The maximum absolute atomic E-state index is 13.7. The number of carboxylic acids is 1. The van der Waals surface area contributed by atoms with Crippen LogP contribution in [0.5, 0.6) is 0 Å². The van der Waals surface area contributed by atoms with Crippen molar-refractivity contribution >= 4 is 22.8 Å². The highest BCUT2D eigenvalue weighted by Crippen LogP contribution is 2.47. The molecular formula is C33H40N2O6. The topological polar surface area (TPSA) is 123 Å². The van der Waals surface area contributed by atoms with Crippen LogP contribution >= 0.6 is 0 Å². The van der Waals surface area contributed by atoms with Gasteiger partial charge in [-0.05, 0) is 65.0 Å². The minimum Gasteiger partial charge on any atom is -0.512 e. The largest absolute Gasteiger partial charge is 0.512 e. The number of carboxylic acid groups (broad SMARTS) is 1. The number of amides is 1. The van der Waals surface area contributed by atoms with E-state index in [-0.39, 0.29) is 25.1 Å². The highest BCUT2D eigenvalue weighted by Gasteiger charge is 2.51. The number of fused-ring (bicyclic) bond motifs is 3. The molecule has 1 fully saturated rings. The van der Waals surface area contributed by atoms with Crippen LogP contribution in [0.1, 0.15) is 77.8 Å². The molecular weight excluding hydrogens is 520 g/mol. The van der Waals surface area contributed by atoms with E-state index < -0.39 is 35.7 Å². The lowest BCUT2D eigenvalue weighted by Crippen LogP contribution is -2.51. The molecule has 0 spiro atoms. The number of aliphatic hydroxyl groups is 2. The number of para-hydroxylation sites is 1. The van der Waals surface area contributed by atoms with E-state index in [2.05, 4.69) is 37.9 Å². The first-order valence-electron chi connectivity index (χ1n) is 14.4. The molecule has 4 unspecified atom stereocenters. The molecule has 2 aromatic rings. The second-order valence-electron chi connectivity index (χ2n) is 12.1. The van der Waals surface area contributed by atoms with Crippen molar-refractivity contribution in [3.8, 4) is 0 Å². The molecule has 1 aromatic carbocycles. The second kappa shape index (κ2) is 11.3. The number of carbonyl (C=O) groups is 2. The van der Waals surface area contributed by atoms with E-state index in [1.54, 1.807) is 6.20 Å². The lowest BCUT2D eigenvalue weighted by Gasteiger charge is -2.45.